The number of aryl methyl sites for hydroxylation is 1. The molecule has 1 amide bonds. The molecule has 0 aliphatic heterocycles. The molecule has 0 heterocycles. The first kappa shape index (κ1) is 22.0. The molecule has 0 bridgehead atoms. The largest absolute Gasteiger partial charge is 0.366 e. The number of amides is 1. The first-order valence-electron chi connectivity index (χ1n) is 8.31. The summed E-state index contributed by atoms with van der Waals surface area (Å²) in [6.45, 7) is 4.45. The second kappa shape index (κ2) is 8.79. The summed E-state index contributed by atoms with van der Waals surface area (Å²) in [5, 5.41) is 0.256. The zero-order valence-electron chi connectivity index (χ0n) is 15.9. The summed E-state index contributed by atoms with van der Waals surface area (Å²) in [6, 6.07) is 5.73. The Morgan fingerprint density at radius 2 is 1.93 bits per heavy atom. The van der Waals surface area contributed by atoms with Crippen LogP contribution in [0.5, 0.6) is 0 Å². The standard InChI is InChI=1S/C19H20ClF2N3O2S/c1-5-25(3)11-23-17-8-12(2)18(10-14(17)20)28(4,27)24-19(26)13-6-7-15(21)16(22)9-13/h6-11H,5H2,1-4H3/b23-11+. The molecule has 28 heavy (non-hydrogen) atoms. The van der Waals surface area contributed by atoms with Crippen LogP contribution in [0.25, 0.3) is 0 Å². The molecule has 0 aromatic heterocycles. The Labute approximate surface area is 168 Å². The lowest BCUT2D eigenvalue weighted by molar-refractivity contribution is 0.100. The van der Waals surface area contributed by atoms with E-state index in [-0.39, 0.29) is 15.5 Å². The van der Waals surface area contributed by atoms with Crippen LogP contribution < -0.4 is 0 Å². The molecule has 0 aliphatic carbocycles. The summed E-state index contributed by atoms with van der Waals surface area (Å²) in [5.74, 6) is -3.17. The smallest absolute Gasteiger partial charge is 0.285 e. The molecule has 150 valence electrons. The lowest BCUT2D eigenvalue weighted by Gasteiger charge is -2.12. The highest BCUT2D eigenvalue weighted by Gasteiger charge is 2.17. The molecular weight excluding hydrogens is 408 g/mol. The highest BCUT2D eigenvalue weighted by molar-refractivity contribution is 7.93. The number of carbonyl (C=O) groups is 1. The molecule has 0 aliphatic rings. The summed E-state index contributed by atoms with van der Waals surface area (Å²) >= 11 is 6.25. The molecule has 2 aromatic carbocycles. The Morgan fingerprint density at radius 1 is 1.25 bits per heavy atom. The van der Waals surface area contributed by atoms with Crippen molar-refractivity contribution in [2.75, 3.05) is 19.8 Å². The average Bonchev–Trinajstić information content (AvgIpc) is 2.63. The molecule has 1 unspecified atom stereocenters. The first-order valence-corrected chi connectivity index (χ1v) is 10.6. The monoisotopic (exact) mass is 427 g/mol. The van der Waals surface area contributed by atoms with Gasteiger partial charge in [-0.2, -0.15) is 4.36 Å². The van der Waals surface area contributed by atoms with E-state index in [1.165, 1.54) is 12.3 Å². The Hall–Kier alpha value is -2.32. The number of hydrogen-bond acceptors (Lipinski definition) is 3. The minimum absolute atomic E-state index is 0.193. The van der Waals surface area contributed by atoms with Crippen LogP contribution in [0.4, 0.5) is 14.5 Å². The minimum atomic E-state index is -3.17. The number of rotatable bonds is 5. The third-order valence-electron chi connectivity index (χ3n) is 3.97. The van der Waals surface area contributed by atoms with Gasteiger partial charge in [0.1, 0.15) is 0 Å². The Kier molecular flexibility index (Phi) is 6.90. The quantitative estimate of drug-likeness (QED) is 0.507. The van der Waals surface area contributed by atoms with Gasteiger partial charge in [-0.3, -0.25) is 4.79 Å². The van der Waals surface area contributed by atoms with E-state index < -0.39 is 27.3 Å². The molecular formula is C19H20ClF2N3O2S. The maximum atomic E-state index is 13.3. The van der Waals surface area contributed by atoms with Crippen LogP contribution in [0.3, 0.4) is 0 Å². The van der Waals surface area contributed by atoms with Gasteiger partial charge in [-0.1, -0.05) is 11.6 Å². The van der Waals surface area contributed by atoms with Crippen LogP contribution in [0.2, 0.25) is 5.02 Å². The summed E-state index contributed by atoms with van der Waals surface area (Å²) in [4.78, 5) is 18.7. The van der Waals surface area contributed by atoms with Crippen LogP contribution >= 0.6 is 11.6 Å². The maximum absolute atomic E-state index is 13.3. The number of carbonyl (C=O) groups excluding carboxylic acids is 1. The van der Waals surface area contributed by atoms with Gasteiger partial charge in [0, 0.05) is 25.4 Å². The van der Waals surface area contributed by atoms with Gasteiger partial charge in [-0.05, 0) is 49.7 Å². The first-order chi connectivity index (χ1) is 13.0. The number of benzene rings is 2. The van der Waals surface area contributed by atoms with Crippen molar-refractivity contribution in [3.05, 3.63) is 58.1 Å². The molecule has 2 aromatic rings. The van der Waals surface area contributed by atoms with E-state index >= 15 is 0 Å². The summed E-state index contributed by atoms with van der Waals surface area (Å²) in [5.41, 5.74) is 0.886. The molecule has 9 heteroatoms. The number of nitrogens with zero attached hydrogens (tertiary/aromatic N) is 3. The van der Waals surface area contributed by atoms with E-state index in [0.717, 1.165) is 24.7 Å². The van der Waals surface area contributed by atoms with Gasteiger partial charge >= 0.3 is 0 Å². The van der Waals surface area contributed by atoms with Crippen molar-refractivity contribution in [3.63, 3.8) is 0 Å². The molecule has 0 saturated heterocycles. The minimum Gasteiger partial charge on any atom is -0.366 e. The van der Waals surface area contributed by atoms with Gasteiger partial charge in [0.2, 0.25) is 0 Å². The molecule has 0 saturated carbocycles. The van der Waals surface area contributed by atoms with Crippen molar-refractivity contribution in [1.82, 2.24) is 4.90 Å². The molecule has 0 N–H and O–H groups in total. The van der Waals surface area contributed by atoms with Gasteiger partial charge in [0.25, 0.3) is 5.91 Å². The highest BCUT2D eigenvalue weighted by Crippen LogP contribution is 2.31. The molecule has 0 fully saturated rings. The predicted octanol–water partition coefficient (Wildman–Crippen LogP) is 4.84. The molecule has 1 atom stereocenters. The van der Waals surface area contributed by atoms with Crippen LogP contribution in [0.15, 0.2) is 44.6 Å². The Bertz CT molecular complexity index is 1060. The fourth-order valence-corrected chi connectivity index (χ4v) is 4.08. The van der Waals surface area contributed by atoms with Crippen molar-refractivity contribution < 1.29 is 17.8 Å². The van der Waals surface area contributed by atoms with E-state index in [1.807, 2.05) is 18.9 Å². The Balaban J connectivity index is 2.44. The summed E-state index contributed by atoms with van der Waals surface area (Å²) < 4.78 is 43.2. The SMILES string of the molecule is CCN(C)/C=N/c1cc(C)c(S(C)(=O)=NC(=O)c2ccc(F)c(F)c2)cc1Cl. The topological polar surface area (TPSA) is 62.1 Å². The van der Waals surface area contributed by atoms with Gasteiger partial charge in [0.15, 0.2) is 11.6 Å². The van der Waals surface area contributed by atoms with Crippen LogP contribution in [-0.2, 0) is 9.73 Å². The molecule has 0 spiro atoms. The Morgan fingerprint density at radius 3 is 2.54 bits per heavy atom. The van der Waals surface area contributed by atoms with Crippen LogP contribution in [0, 0.1) is 18.6 Å². The zero-order valence-corrected chi connectivity index (χ0v) is 17.4. The van der Waals surface area contributed by atoms with E-state index in [0.29, 0.717) is 11.3 Å². The number of hydrogen-bond donors (Lipinski definition) is 0. The highest BCUT2D eigenvalue weighted by atomic mass is 35.5. The van der Waals surface area contributed by atoms with Crippen molar-refractivity contribution in [1.29, 1.82) is 0 Å². The van der Waals surface area contributed by atoms with Gasteiger partial charge in [-0.25, -0.2) is 18.0 Å². The van der Waals surface area contributed by atoms with Crippen LogP contribution in [-0.4, -0.2) is 41.2 Å². The number of halogens is 3. The second-order valence-electron chi connectivity index (χ2n) is 6.21. The van der Waals surface area contributed by atoms with E-state index in [1.54, 1.807) is 19.3 Å². The van der Waals surface area contributed by atoms with E-state index in [9.17, 15) is 17.8 Å². The average molecular weight is 428 g/mol. The summed E-state index contributed by atoms with van der Waals surface area (Å²) in [7, 11) is -1.31. The van der Waals surface area contributed by atoms with Crippen molar-refractivity contribution in [2.45, 2.75) is 18.7 Å². The normalized spacial score (nSPS) is 13.4. The van der Waals surface area contributed by atoms with E-state index in [4.69, 9.17) is 11.6 Å². The fraction of sp³-hybridized carbons (Fsp3) is 0.263. The third kappa shape index (κ3) is 5.14. The lowest BCUT2D eigenvalue weighted by atomic mass is 10.2. The van der Waals surface area contributed by atoms with Gasteiger partial charge < -0.3 is 4.90 Å². The van der Waals surface area contributed by atoms with Crippen molar-refractivity contribution in [3.8, 4) is 0 Å². The number of aliphatic imine (C=N–C) groups is 1. The second-order valence-corrected chi connectivity index (χ2v) is 8.85. The lowest BCUT2D eigenvalue weighted by Crippen LogP contribution is -2.14. The van der Waals surface area contributed by atoms with Gasteiger partial charge in [0.05, 0.1) is 31.7 Å². The van der Waals surface area contributed by atoms with Gasteiger partial charge in [-0.15, -0.1) is 0 Å². The van der Waals surface area contributed by atoms with E-state index in [2.05, 4.69) is 9.36 Å². The van der Waals surface area contributed by atoms with Crippen molar-refractivity contribution in [2.24, 2.45) is 9.36 Å². The van der Waals surface area contributed by atoms with Crippen molar-refractivity contribution >= 4 is 39.3 Å². The molecule has 0 radical (unpaired) electrons. The van der Waals surface area contributed by atoms with Crippen LogP contribution in [0.1, 0.15) is 22.8 Å². The maximum Gasteiger partial charge on any atom is 0.285 e. The molecule has 5 nitrogen and oxygen atoms in total. The third-order valence-corrected chi connectivity index (χ3v) is 6.04. The molecule has 2 rings (SSSR count). The fourth-order valence-electron chi connectivity index (χ4n) is 2.29. The predicted molar refractivity (Wildman–Crippen MR) is 108 cm³/mol. The summed E-state index contributed by atoms with van der Waals surface area (Å²) in [6.07, 6.45) is 2.91. The zero-order chi connectivity index (χ0) is 21.1.